The molecular formula is H10CrNa2O8. The van der Waals surface area contributed by atoms with Crippen molar-refractivity contribution in [2.24, 2.45) is 0 Å². The van der Waals surface area contributed by atoms with E-state index in [1.165, 1.54) is 0 Å². The molecule has 0 atom stereocenters. The number of hydrogen-bond donors (Lipinski definition) is 2. The van der Waals surface area contributed by atoms with E-state index in [4.69, 9.17) is 15.9 Å². The first kappa shape index (κ1) is 52.5. The van der Waals surface area contributed by atoms with Gasteiger partial charge >= 0.3 is 29.5 Å². The summed E-state index contributed by atoms with van der Waals surface area (Å²) in [7, 11) is 0. The van der Waals surface area contributed by atoms with Crippen LogP contribution in [-0.2, 0) is 21.2 Å². The SMILES string of the molecule is O.O.O.O.[Na].[Na].[O]=[Cr](=[O])([OH])[OH]. The van der Waals surface area contributed by atoms with Gasteiger partial charge in [0.05, 0.1) is 0 Å². The molecule has 0 aliphatic heterocycles. The molecule has 0 spiro atoms. The monoisotopic (exact) mass is 236 g/mol. The van der Waals surface area contributed by atoms with Crippen LogP contribution >= 0.6 is 0 Å². The van der Waals surface area contributed by atoms with Crippen LogP contribution in [0, 0.1) is 0 Å². The zero-order valence-corrected chi connectivity index (χ0v) is 11.4. The van der Waals surface area contributed by atoms with Crippen molar-refractivity contribution in [2.45, 2.75) is 0 Å². The molecule has 66 valence electrons. The van der Waals surface area contributed by atoms with Crippen molar-refractivity contribution in [2.75, 3.05) is 0 Å². The standard InChI is InChI=1S/Cr.2Na.6H2O.2O/h;;;6*1H2;;/q+2;;;;;;;;;;/p-2. The van der Waals surface area contributed by atoms with E-state index >= 15 is 0 Å². The molecule has 10 N–H and O–H groups in total. The van der Waals surface area contributed by atoms with Crippen LogP contribution in [0.5, 0.6) is 0 Å². The molecule has 0 fully saturated rings. The van der Waals surface area contributed by atoms with Crippen LogP contribution in [0.3, 0.4) is 0 Å². The average Bonchev–Trinajstić information content (AvgIpc) is 0.722. The van der Waals surface area contributed by atoms with Gasteiger partial charge in [-0.25, -0.2) is 0 Å². The van der Waals surface area contributed by atoms with Gasteiger partial charge < -0.3 is 21.9 Å². The molecule has 0 aromatic rings. The van der Waals surface area contributed by atoms with E-state index in [0.29, 0.717) is 0 Å². The molecule has 0 aromatic carbocycles. The van der Waals surface area contributed by atoms with E-state index in [1.807, 2.05) is 0 Å². The summed E-state index contributed by atoms with van der Waals surface area (Å²) in [6.07, 6.45) is 0. The zero-order valence-electron chi connectivity index (χ0n) is 6.12. The third-order valence-electron chi connectivity index (χ3n) is 0. The molecule has 0 saturated heterocycles. The summed E-state index contributed by atoms with van der Waals surface area (Å²) in [5.41, 5.74) is 0. The minimum atomic E-state index is -5.25. The Morgan fingerprint density at radius 3 is 0.727 bits per heavy atom. The molecule has 11 heavy (non-hydrogen) atoms. The summed E-state index contributed by atoms with van der Waals surface area (Å²) in [6, 6.07) is 0. The third-order valence-corrected chi connectivity index (χ3v) is 0. The van der Waals surface area contributed by atoms with Crippen LogP contribution in [-0.4, -0.2) is 89.3 Å². The van der Waals surface area contributed by atoms with E-state index in [1.54, 1.807) is 0 Å². The maximum absolute atomic E-state index is 8.82. The predicted octanol–water partition coefficient (Wildman–Crippen LogP) is -5.41. The van der Waals surface area contributed by atoms with Gasteiger partial charge in [0.15, 0.2) is 0 Å². The second-order valence-corrected chi connectivity index (χ2v) is 1.85. The van der Waals surface area contributed by atoms with Gasteiger partial charge in [0.2, 0.25) is 0 Å². The van der Waals surface area contributed by atoms with Crippen molar-refractivity contribution in [3.05, 3.63) is 0 Å². The predicted molar refractivity (Wildman–Crippen MR) is 31.8 cm³/mol. The molecule has 11 heteroatoms. The summed E-state index contributed by atoms with van der Waals surface area (Å²) < 4.78 is 31.9. The number of hydrogen-bond acceptors (Lipinski definition) is 2. The van der Waals surface area contributed by atoms with Gasteiger partial charge in [-0.2, -0.15) is 0 Å². The van der Waals surface area contributed by atoms with Gasteiger partial charge in [-0.15, -0.1) is 0 Å². The normalized spacial score (nSPS) is 5.27. The minimum absolute atomic E-state index is 0. The molecule has 8 nitrogen and oxygen atoms in total. The van der Waals surface area contributed by atoms with Crippen molar-refractivity contribution >= 4 is 59.1 Å². The summed E-state index contributed by atoms with van der Waals surface area (Å²) in [6.45, 7) is 0. The fourth-order valence-electron chi connectivity index (χ4n) is 0. The Kier molecular flexibility index (Phi) is 108. The van der Waals surface area contributed by atoms with Crippen LogP contribution in [0.4, 0.5) is 0 Å². The van der Waals surface area contributed by atoms with Crippen LogP contribution < -0.4 is 0 Å². The Bertz CT molecular complexity index is 95.3. The second kappa shape index (κ2) is 22.7. The van der Waals surface area contributed by atoms with E-state index < -0.39 is 13.6 Å². The van der Waals surface area contributed by atoms with E-state index in [-0.39, 0.29) is 81.0 Å². The van der Waals surface area contributed by atoms with Crippen molar-refractivity contribution in [1.29, 1.82) is 0 Å². The third kappa shape index (κ3) is 325. The molecule has 0 aromatic heterocycles. The van der Waals surface area contributed by atoms with Crippen molar-refractivity contribution < 1.29 is 51.4 Å². The van der Waals surface area contributed by atoms with Crippen molar-refractivity contribution in [1.82, 2.24) is 0 Å². The Morgan fingerprint density at radius 2 is 0.727 bits per heavy atom. The molecule has 0 bridgehead atoms. The van der Waals surface area contributed by atoms with E-state index in [0.717, 1.165) is 0 Å². The molecule has 0 saturated carbocycles. The molecule has 0 aliphatic rings. The summed E-state index contributed by atoms with van der Waals surface area (Å²) in [4.78, 5) is 0. The fraction of sp³-hybridized carbons (Fsp3) is 0. The first-order valence-corrected chi connectivity index (χ1v) is 2.88. The molecular weight excluding hydrogens is 226 g/mol. The summed E-state index contributed by atoms with van der Waals surface area (Å²) in [5.74, 6) is 0. The van der Waals surface area contributed by atoms with Crippen molar-refractivity contribution in [3.63, 3.8) is 0 Å². The van der Waals surface area contributed by atoms with Gasteiger partial charge in [-0.05, 0) is 0 Å². The van der Waals surface area contributed by atoms with Crippen LogP contribution in [0.1, 0.15) is 0 Å². The quantitative estimate of drug-likeness (QED) is 0.395. The molecule has 0 aliphatic carbocycles. The van der Waals surface area contributed by atoms with Gasteiger partial charge in [0.25, 0.3) is 0 Å². The first-order valence-electron chi connectivity index (χ1n) is 0.698. The van der Waals surface area contributed by atoms with Crippen LogP contribution in [0.25, 0.3) is 0 Å². The Balaban J connectivity index is -0.00000000533. The second-order valence-electron chi connectivity index (χ2n) is 0.448. The first-order chi connectivity index (χ1) is 2.00. The van der Waals surface area contributed by atoms with Gasteiger partial charge in [0.1, 0.15) is 0 Å². The summed E-state index contributed by atoms with van der Waals surface area (Å²) >= 11 is -5.25. The Morgan fingerprint density at radius 1 is 0.727 bits per heavy atom. The molecule has 0 amide bonds. The van der Waals surface area contributed by atoms with E-state index in [2.05, 4.69) is 0 Å². The molecule has 0 unspecified atom stereocenters. The van der Waals surface area contributed by atoms with Gasteiger partial charge in [0, 0.05) is 59.1 Å². The Labute approximate surface area is 109 Å². The molecule has 2 radical (unpaired) electrons. The number of rotatable bonds is 0. The average molecular weight is 236 g/mol. The van der Waals surface area contributed by atoms with Gasteiger partial charge in [-0.3, -0.25) is 0 Å². The maximum atomic E-state index is 8.82. The fourth-order valence-corrected chi connectivity index (χ4v) is 0. The topological polar surface area (TPSA) is 201 Å². The zero-order chi connectivity index (χ0) is 4.50. The van der Waals surface area contributed by atoms with Crippen LogP contribution in [0.15, 0.2) is 0 Å². The van der Waals surface area contributed by atoms with Crippen molar-refractivity contribution in [3.8, 4) is 0 Å². The van der Waals surface area contributed by atoms with Gasteiger partial charge in [-0.1, -0.05) is 0 Å². The molecule has 0 rings (SSSR count). The Hall–Kier alpha value is 1.89. The summed E-state index contributed by atoms with van der Waals surface area (Å²) in [5, 5.41) is 0. The van der Waals surface area contributed by atoms with Crippen LogP contribution in [0.2, 0.25) is 0 Å². The van der Waals surface area contributed by atoms with E-state index in [9.17, 15) is 0 Å². The molecule has 0 heterocycles.